The molecule has 1 N–H and O–H groups in total. The lowest BCUT2D eigenvalue weighted by atomic mass is 10.1. The highest BCUT2D eigenvalue weighted by molar-refractivity contribution is 7.90. The molecule has 0 saturated heterocycles. The first kappa shape index (κ1) is 14.7. The van der Waals surface area contributed by atoms with Crippen LogP contribution in [0.5, 0.6) is 0 Å². The van der Waals surface area contributed by atoms with Gasteiger partial charge < -0.3 is 0 Å². The van der Waals surface area contributed by atoms with Gasteiger partial charge in [-0.05, 0) is 25.7 Å². The van der Waals surface area contributed by atoms with Crippen LogP contribution in [0, 0.1) is 5.92 Å². The minimum atomic E-state index is -5.22. The van der Waals surface area contributed by atoms with Gasteiger partial charge in [-0.25, -0.2) is 13.1 Å². The molecule has 0 aromatic rings. The van der Waals surface area contributed by atoms with Crippen molar-refractivity contribution < 1.29 is 21.6 Å². The molecule has 0 spiro atoms. The summed E-state index contributed by atoms with van der Waals surface area (Å²) in [7, 11) is -5.19. The van der Waals surface area contributed by atoms with Crippen LogP contribution in [-0.2, 0) is 10.0 Å². The molecule has 0 aliphatic rings. The van der Waals surface area contributed by atoms with Crippen molar-refractivity contribution in [3.05, 3.63) is 0 Å². The smallest absolute Gasteiger partial charge is 0.205 e. The Morgan fingerprint density at radius 2 is 1.60 bits per heavy atom. The SMILES string of the molecule is CC(C)CCC(C)NS(=O)(=O)C(F)(F)F. The molecule has 0 rings (SSSR count). The fourth-order valence-electron chi connectivity index (χ4n) is 0.974. The predicted octanol–water partition coefficient (Wildman–Crippen LogP) is 2.25. The van der Waals surface area contributed by atoms with Crippen LogP contribution in [0.1, 0.15) is 33.6 Å². The Balaban J connectivity index is 4.24. The molecular formula is C8H16F3NO2S. The first-order chi connectivity index (χ1) is 6.56. The van der Waals surface area contributed by atoms with E-state index in [0.29, 0.717) is 18.8 Å². The highest BCUT2D eigenvalue weighted by Gasteiger charge is 2.46. The minimum absolute atomic E-state index is 0.336. The normalized spacial score (nSPS) is 15.7. The van der Waals surface area contributed by atoms with Crippen molar-refractivity contribution >= 4 is 10.0 Å². The summed E-state index contributed by atoms with van der Waals surface area (Å²) in [6.45, 7) is 5.27. The molecule has 0 bridgehead atoms. The molecular weight excluding hydrogens is 231 g/mol. The van der Waals surface area contributed by atoms with Crippen molar-refractivity contribution in [3.8, 4) is 0 Å². The monoisotopic (exact) mass is 247 g/mol. The molecule has 0 fully saturated rings. The maximum Gasteiger partial charge on any atom is 0.511 e. The number of sulfonamides is 1. The van der Waals surface area contributed by atoms with Crippen molar-refractivity contribution in [2.75, 3.05) is 0 Å². The van der Waals surface area contributed by atoms with Crippen LogP contribution >= 0.6 is 0 Å². The van der Waals surface area contributed by atoms with E-state index in [9.17, 15) is 21.6 Å². The van der Waals surface area contributed by atoms with E-state index >= 15 is 0 Å². The second-order valence-corrected chi connectivity index (χ2v) is 5.64. The van der Waals surface area contributed by atoms with Gasteiger partial charge in [0.15, 0.2) is 0 Å². The van der Waals surface area contributed by atoms with Gasteiger partial charge in [0.2, 0.25) is 0 Å². The van der Waals surface area contributed by atoms with E-state index < -0.39 is 21.6 Å². The maximum atomic E-state index is 11.9. The van der Waals surface area contributed by atoms with Crippen LogP contribution in [-0.4, -0.2) is 20.0 Å². The van der Waals surface area contributed by atoms with Gasteiger partial charge in [0.05, 0.1) is 0 Å². The third-order valence-electron chi connectivity index (χ3n) is 1.84. The van der Waals surface area contributed by atoms with E-state index in [1.165, 1.54) is 6.92 Å². The van der Waals surface area contributed by atoms with Gasteiger partial charge in [0.25, 0.3) is 0 Å². The van der Waals surface area contributed by atoms with Crippen molar-refractivity contribution in [3.63, 3.8) is 0 Å². The van der Waals surface area contributed by atoms with Crippen LogP contribution in [0.25, 0.3) is 0 Å². The lowest BCUT2D eigenvalue weighted by molar-refractivity contribution is -0.0450. The molecule has 0 aromatic carbocycles. The minimum Gasteiger partial charge on any atom is -0.205 e. The summed E-state index contributed by atoms with van der Waals surface area (Å²) in [6.07, 6.45) is 1.08. The maximum absolute atomic E-state index is 11.9. The average Bonchev–Trinajstić information content (AvgIpc) is 1.97. The van der Waals surface area contributed by atoms with Gasteiger partial charge in [-0.2, -0.15) is 13.2 Å². The standard InChI is InChI=1S/C8H16F3NO2S/c1-6(2)4-5-7(3)12-15(13,14)8(9,10)11/h6-7,12H,4-5H2,1-3H3. The molecule has 1 atom stereocenters. The first-order valence-corrected chi connectivity index (χ1v) is 6.13. The molecule has 0 aliphatic heterocycles. The zero-order valence-electron chi connectivity index (χ0n) is 8.93. The zero-order valence-corrected chi connectivity index (χ0v) is 9.74. The van der Waals surface area contributed by atoms with Gasteiger partial charge in [-0.3, -0.25) is 0 Å². The molecule has 0 heterocycles. The van der Waals surface area contributed by atoms with Crippen molar-refractivity contribution in [1.29, 1.82) is 0 Å². The van der Waals surface area contributed by atoms with Crippen LogP contribution in [0.3, 0.4) is 0 Å². The highest BCUT2D eigenvalue weighted by atomic mass is 32.2. The largest absolute Gasteiger partial charge is 0.511 e. The van der Waals surface area contributed by atoms with Crippen LogP contribution in [0.2, 0.25) is 0 Å². The second kappa shape index (κ2) is 5.16. The van der Waals surface area contributed by atoms with Gasteiger partial charge in [-0.1, -0.05) is 13.8 Å². The predicted molar refractivity (Wildman–Crippen MR) is 51.6 cm³/mol. The Hall–Kier alpha value is -0.300. The molecule has 0 radical (unpaired) electrons. The summed E-state index contributed by atoms with van der Waals surface area (Å²) >= 11 is 0. The van der Waals surface area contributed by atoms with Gasteiger partial charge >= 0.3 is 15.5 Å². The fourth-order valence-corrected chi connectivity index (χ4v) is 1.76. The lowest BCUT2D eigenvalue weighted by Crippen LogP contribution is -2.41. The van der Waals surface area contributed by atoms with Crippen LogP contribution in [0.4, 0.5) is 13.2 Å². The Bertz CT molecular complexity index is 285. The molecule has 0 aliphatic carbocycles. The molecule has 0 saturated carbocycles. The molecule has 0 aromatic heterocycles. The Morgan fingerprint density at radius 3 is 1.93 bits per heavy atom. The van der Waals surface area contributed by atoms with Crippen molar-refractivity contribution in [2.24, 2.45) is 5.92 Å². The van der Waals surface area contributed by atoms with E-state index in [0.717, 1.165) is 0 Å². The number of nitrogens with one attached hydrogen (secondary N) is 1. The summed E-state index contributed by atoms with van der Waals surface area (Å²) in [5.41, 5.74) is -5.22. The number of alkyl halides is 3. The quantitative estimate of drug-likeness (QED) is 0.810. The summed E-state index contributed by atoms with van der Waals surface area (Å²) in [5.74, 6) is 0.336. The summed E-state index contributed by atoms with van der Waals surface area (Å²) in [6, 6.07) is -0.695. The van der Waals surface area contributed by atoms with Crippen LogP contribution in [0.15, 0.2) is 0 Å². The zero-order chi connectivity index (χ0) is 12.3. The molecule has 7 heteroatoms. The van der Waals surface area contributed by atoms with E-state index in [4.69, 9.17) is 0 Å². The van der Waals surface area contributed by atoms with Crippen molar-refractivity contribution in [1.82, 2.24) is 4.72 Å². The second-order valence-electron chi connectivity index (χ2n) is 3.94. The average molecular weight is 247 g/mol. The number of rotatable bonds is 5. The van der Waals surface area contributed by atoms with Gasteiger partial charge in [-0.15, -0.1) is 0 Å². The van der Waals surface area contributed by atoms with Gasteiger partial charge in [0, 0.05) is 6.04 Å². The van der Waals surface area contributed by atoms with E-state index in [1.807, 2.05) is 13.8 Å². The molecule has 92 valence electrons. The lowest BCUT2D eigenvalue weighted by Gasteiger charge is -2.16. The number of hydrogen-bond acceptors (Lipinski definition) is 2. The number of hydrogen-bond donors (Lipinski definition) is 1. The van der Waals surface area contributed by atoms with Crippen molar-refractivity contribution in [2.45, 2.75) is 45.2 Å². The third kappa shape index (κ3) is 5.36. The summed E-state index contributed by atoms with van der Waals surface area (Å²) in [5, 5.41) is 0. The van der Waals surface area contributed by atoms with Gasteiger partial charge in [0.1, 0.15) is 0 Å². The molecule has 3 nitrogen and oxygen atoms in total. The Morgan fingerprint density at radius 1 is 1.13 bits per heavy atom. The van der Waals surface area contributed by atoms with E-state index in [1.54, 1.807) is 4.72 Å². The van der Waals surface area contributed by atoms with Crippen LogP contribution < -0.4 is 4.72 Å². The molecule has 15 heavy (non-hydrogen) atoms. The summed E-state index contributed by atoms with van der Waals surface area (Å²) < 4.78 is 58.8. The Kier molecular flexibility index (Phi) is 5.05. The third-order valence-corrected chi connectivity index (χ3v) is 3.16. The fraction of sp³-hybridized carbons (Fsp3) is 1.00. The van der Waals surface area contributed by atoms with E-state index in [-0.39, 0.29) is 0 Å². The Labute approximate surface area is 88.1 Å². The molecule has 0 amide bonds. The highest BCUT2D eigenvalue weighted by Crippen LogP contribution is 2.22. The molecule has 1 unspecified atom stereocenters. The summed E-state index contributed by atoms with van der Waals surface area (Å²) in [4.78, 5) is 0. The van der Waals surface area contributed by atoms with E-state index in [2.05, 4.69) is 0 Å². The topological polar surface area (TPSA) is 46.2 Å². The first-order valence-electron chi connectivity index (χ1n) is 4.65. The number of halogens is 3.